The van der Waals surface area contributed by atoms with Crippen molar-refractivity contribution in [2.75, 3.05) is 0 Å². The number of nitrogens with zero attached hydrogens (tertiary/aromatic N) is 4. The highest BCUT2D eigenvalue weighted by Crippen LogP contribution is 2.46. The van der Waals surface area contributed by atoms with Gasteiger partial charge >= 0.3 is 5.69 Å². The molecule has 0 amide bonds. The van der Waals surface area contributed by atoms with Gasteiger partial charge in [0.05, 0.1) is 11.4 Å². The number of ether oxygens (including phenoxy) is 1. The van der Waals surface area contributed by atoms with Gasteiger partial charge in [0.1, 0.15) is 5.52 Å². The Morgan fingerprint density at radius 2 is 1.96 bits per heavy atom. The average Bonchev–Trinajstić information content (AvgIpc) is 3.26. The van der Waals surface area contributed by atoms with E-state index in [1.54, 1.807) is 17.0 Å². The summed E-state index contributed by atoms with van der Waals surface area (Å²) in [5.74, 6) is 0.677. The summed E-state index contributed by atoms with van der Waals surface area (Å²) in [6.07, 6.45) is 3.29. The second-order valence-electron chi connectivity index (χ2n) is 6.35. The second kappa shape index (κ2) is 5.04. The van der Waals surface area contributed by atoms with Crippen LogP contribution in [0, 0.1) is 0 Å². The van der Waals surface area contributed by atoms with Gasteiger partial charge in [-0.3, -0.25) is 14.5 Å². The zero-order valence-corrected chi connectivity index (χ0v) is 13.9. The van der Waals surface area contributed by atoms with Gasteiger partial charge in [-0.05, 0) is 24.3 Å². The van der Waals surface area contributed by atoms with E-state index in [-0.39, 0.29) is 11.8 Å². The molecule has 1 aliphatic rings. The third-order valence-electron chi connectivity index (χ3n) is 4.85. The molecule has 4 aromatic heterocycles. The average molecular weight is 356 g/mol. The summed E-state index contributed by atoms with van der Waals surface area (Å²) in [5.41, 5.74) is 3.96. The van der Waals surface area contributed by atoms with Gasteiger partial charge in [-0.2, -0.15) is 0 Å². The van der Waals surface area contributed by atoms with Gasteiger partial charge in [0.2, 0.25) is 0 Å². The molecular weight excluding hydrogens is 344 g/mol. The Morgan fingerprint density at radius 3 is 2.85 bits per heavy atom. The van der Waals surface area contributed by atoms with Crippen LogP contribution in [-0.2, 0) is 0 Å². The number of hydrogen-bond donors (Lipinski definition) is 2. The number of para-hydroxylation sites is 1. The van der Waals surface area contributed by atoms with E-state index in [9.17, 15) is 4.79 Å². The lowest BCUT2D eigenvalue weighted by molar-refractivity contribution is 0.181. The minimum atomic E-state index is -0.286. The molecule has 2 N–H and O–H groups in total. The number of fused-ring (bicyclic) bond motifs is 4. The van der Waals surface area contributed by atoms with Crippen LogP contribution in [0.3, 0.4) is 0 Å². The predicted molar refractivity (Wildman–Crippen MR) is 98.1 cm³/mol. The number of H-pyrrole nitrogens is 2. The standard InChI is InChI=1S/C19H12N6O2/c26-19-22-18-14(10-7-9-21-17(10)23-24-18)25(19)13-6-3-4-11-15(27-16(11)13)12-5-1-2-8-20-12/h1-9,15H,(H,21,23)(H,22,24,26). The first-order chi connectivity index (χ1) is 13.3. The fraction of sp³-hybridized carbons (Fsp3) is 0.0526. The number of aromatic nitrogens is 6. The van der Waals surface area contributed by atoms with Gasteiger partial charge in [-0.1, -0.05) is 18.2 Å². The van der Waals surface area contributed by atoms with Crippen LogP contribution in [0.5, 0.6) is 5.75 Å². The van der Waals surface area contributed by atoms with Crippen LogP contribution in [0.1, 0.15) is 17.4 Å². The minimum absolute atomic E-state index is 0.228. The zero-order chi connectivity index (χ0) is 18.0. The Hall–Kier alpha value is -3.94. The minimum Gasteiger partial charge on any atom is -0.477 e. The van der Waals surface area contributed by atoms with Crippen molar-refractivity contribution >= 4 is 22.2 Å². The third-order valence-corrected chi connectivity index (χ3v) is 4.85. The van der Waals surface area contributed by atoms with Crippen LogP contribution < -0.4 is 10.4 Å². The molecule has 0 spiro atoms. The third kappa shape index (κ3) is 1.86. The van der Waals surface area contributed by atoms with Crippen LogP contribution >= 0.6 is 0 Å². The zero-order valence-electron chi connectivity index (χ0n) is 13.9. The number of hydrogen-bond acceptors (Lipinski definition) is 5. The van der Waals surface area contributed by atoms with Crippen LogP contribution in [0.25, 0.3) is 27.9 Å². The van der Waals surface area contributed by atoms with Gasteiger partial charge in [0.15, 0.2) is 23.1 Å². The summed E-state index contributed by atoms with van der Waals surface area (Å²) in [6.45, 7) is 0. The molecule has 1 atom stereocenters. The van der Waals surface area contributed by atoms with Crippen molar-refractivity contribution in [1.29, 1.82) is 0 Å². The van der Waals surface area contributed by atoms with Crippen molar-refractivity contribution in [1.82, 2.24) is 29.7 Å². The SMILES string of the molecule is O=c1[nH]c2nnc3[nH]ccc3c2n1-c1cccc2c1OC2c1ccccn1. The topological polar surface area (TPSA) is 101 Å². The van der Waals surface area contributed by atoms with E-state index < -0.39 is 0 Å². The van der Waals surface area contributed by atoms with E-state index in [0.29, 0.717) is 28.2 Å². The smallest absolute Gasteiger partial charge is 0.332 e. The molecule has 0 saturated carbocycles. The van der Waals surface area contributed by atoms with Crippen molar-refractivity contribution in [3.63, 3.8) is 0 Å². The Labute approximate surface area is 151 Å². The summed E-state index contributed by atoms with van der Waals surface area (Å²) >= 11 is 0. The maximum absolute atomic E-state index is 12.7. The molecule has 8 heteroatoms. The molecule has 6 rings (SSSR count). The lowest BCUT2D eigenvalue weighted by atomic mass is 9.98. The summed E-state index contributed by atoms with van der Waals surface area (Å²) in [6, 6.07) is 13.4. The predicted octanol–water partition coefficient (Wildman–Crippen LogP) is 2.47. The number of rotatable bonds is 2. The molecular formula is C19H12N6O2. The lowest BCUT2D eigenvalue weighted by Gasteiger charge is -2.32. The fourth-order valence-corrected chi connectivity index (χ4v) is 3.64. The molecule has 0 fully saturated rings. The highest BCUT2D eigenvalue weighted by atomic mass is 16.5. The summed E-state index contributed by atoms with van der Waals surface area (Å²) in [4.78, 5) is 22.9. The number of nitrogens with one attached hydrogen (secondary N) is 2. The molecule has 1 aromatic carbocycles. The molecule has 27 heavy (non-hydrogen) atoms. The van der Waals surface area contributed by atoms with Crippen LogP contribution in [-0.4, -0.2) is 29.7 Å². The molecule has 130 valence electrons. The molecule has 1 unspecified atom stereocenters. The fourth-order valence-electron chi connectivity index (χ4n) is 3.64. The van der Waals surface area contributed by atoms with E-state index >= 15 is 0 Å². The molecule has 0 saturated heterocycles. The number of imidazole rings is 1. The van der Waals surface area contributed by atoms with Crippen molar-refractivity contribution in [2.24, 2.45) is 0 Å². The quantitative estimate of drug-likeness (QED) is 0.506. The Morgan fingerprint density at radius 1 is 1.04 bits per heavy atom. The Bertz CT molecular complexity index is 1380. The van der Waals surface area contributed by atoms with Gasteiger partial charge < -0.3 is 9.72 Å². The number of benzene rings is 1. The molecule has 1 aliphatic heterocycles. The molecule has 0 radical (unpaired) electrons. The van der Waals surface area contributed by atoms with Gasteiger partial charge in [0.25, 0.3) is 0 Å². The van der Waals surface area contributed by atoms with Crippen LogP contribution in [0.15, 0.2) is 59.7 Å². The van der Waals surface area contributed by atoms with Gasteiger partial charge in [-0.25, -0.2) is 4.79 Å². The summed E-state index contributed by atoms with van der Waals surface area (Å²) in [7, 11) is 0. The number of pyridine rings is 1. The first-order valence-electron chi connectivity index (χ1n) is 8.46. The normalized spacial score (nSPS) is 15.5. The summed E-state index contributed by atoms with van der Waals surface area (Å²) in [5, 5.41) is 9.02. The number of aromatic amines is 2. The van der Waals surface area contributed by atoms with Crippen molar-refractivity contribution in [2.45, 2.75) is 6.10 Å². The molecule has 5 aromatic rings. The van der Waals surface area contributed by atoms with Crippen molar-refractivity contribution < 1.29 is 4.74 Å². The van der Waals surface area contributed by atoms with E-state index in [4.69, 9.17) is 4.74 Å². The molecule has 0 aliphatic carbocycles. The maximum Gasteiger partial charge on any atom is 0.332 e. The van der Waals surface area contributed by atoms with Gasteiger partial charge in [0, 0.05) is 23.3 Å². The molecule has 0 bridgehead atoms. The highest BCUT2D eigenvalue weighted by molar-refractivity contribution is 6.00. The highest BCUT2D eigenvalue weighted by Gasteiger charge is 2.34. The lowest BCUT2D eigenvalue weighted by Crippen LogP contribution is -2.25. The van der Waals surface area contributed by atoms with Crippen LogP contribution in [0.2, 0.25) is 0 Å². The van der Waals surface area contributed by atoms with Gasteiger partial charge in [-0.15, -0.1) is 10.2 Å². The Kier molecular flexibility index (Phi) is 2.66. The first-order valence-corrected chi connectivity index (χ1v) is 8.46. The van der Waals surface area contributed by atoms with E-state index in [0.717, 1.165) is 16.6 Å². The monoisotopic (exact) mass is 356 g/mol. The summed E-state index contributed by atoms with van der Waals surface area (Å²) < 4.78 is 7.63. The largest absolute Gasteiger partial charge is 0.477 e. The first kappa shape index (κ1) is 14.3. The maximum atomic E-state index is 12.7. The van der Waals surface area contributed by atoms with Crippen LogP contribution in [0.4, 0.5) is 0 Å². The molecule has 5 heterocycles. The Balaban J connectivity index is 1.60. The van der Waals surface area contributed by atoms with Crippen molar-refractivity contribution in [3.8, 4) is 11.4 Å². The second-order valence-corrected chi connectivity index (χ2v) is 6.35. The van der Waals surface area contributed by atoms with E-state index in [2.05, 4.69) is 25.1 Å². The molecule has 8 nitrogen and oxygen atoms in total. The van der Waals surface area contributed by atoms with E-state index in [1.165, 1.54) is 0 Å². The van der Waals surface area contributed by atoms with Crippen molar-refractivity contribution in [3.05, 3.63) is 76.6 Å². The van der Waals surface area contributed by atoms with E-state index in [1.807, 2.05) is 42.5 Å².